The molecule has 3 rings (SSSR count). The molecule has 0 radical (unpaired) electrons. The van der Waals surface area contributed by atoms with Gasteiger partial charge in [0, 0.05) is 22.2 Å². The van der Waals surface area contributed by atoms with Gasteiger partial charge in [0.15, 0.2) is 5.78 Å². The van der Waals surface area contributed by atoms with Gasteiger partial charge in [-0.15, -0.1) is 0 Å². The second kappa shape index (κ2) is 5.98. The van der Waals surface area contributed by atoms with E-state index in [1.165, 1.54) is 12.1 Å². The highest BCUT2D eigenvalue weighted by Crippen LogP contribution is 2.33. The van der Waals surface area contributed by atoms with Crippen LogP contribution in [0.1, 0.15) is 28.8 Å². The molecule has 0 spiro atoms. The van der Waals surface area contributed by atoms with Crippen molar-refractivity contribution in [2.75, 3.05) is 4.72 Å². The van der Waals surface area contributed by atoms with Gasteiger partial charge in [0.25, 0.3) is 10.0 Å². The SMILES string of the molecule is Cc1ccc(S(=O)(=O)Nc2ccc(C(=O)C3CC3)cc2)cc1Cl. The lowest BCUT2D eigenvalue weighted by molar-refractivity contribution is 0.0967. The van der Waals surface area contributed by atoms with Crippen molar-refractivity contribution in [3.8, 4) is 0 Å². The van der Waals surface area contributed by atoms with Gasteiger partial charge in [0.1, 0.15) is 0 Å². The maximum absolute atomic E-state index is 12.4. The first-order valence-corrected chi connectivity index (χ1v) is 9.16. The minimum Gasteiger partial charge on any atom is -0.294 e. The van der Waals surface area contributed by atoms with Crippen LogP contribution in [-0.2, 0) is 10.0 Å². The average Bonchev–Trinajstić information content (AvgIpc) is 3.34. The van der Waals surface area contributed by atoms with Crippen LogP contribution in [0.2, 0.25) is 5.02 Å². The molecule has 2 aromatic carbocycles. The molecular weight excluding hydrogens is 334 g/mol. The van der Waals surface area contributed by atoms with Crippen molar-refractivity contribution in [1.82, 2.24) is 0 Å². The summed E-state index contributed by atoms with van der Waals surface area (Å²) in [6, 6.07) is 11.1. The van der Waals surface area contributed by atoms with Crippen LogP contribution in [0.5, 0.6) is 0 Å². The molecule has 0 saturated heterocycles. The van der Waals surface area contributed by atoms with Gasteiger partial charge in [0.2, 0.25) is 0 Å². The van der Waals surface area contributed by atoms with Crippen LogP contribution in [0, 0.1) is 12.8 Å². The average molecular weight is 350 g/mol. The molecular formula is C17H16ClNO3S. The number of nitrogens with one attached hydrogen (secondary N) is 1. The van der Waals surface area contributed by atoms with Crippen LogP contribution in [0.4, 0.5) is 5.69 Å². The molecule has 2 aromatic rings. The van der Waals surface area contributed by atoms with Crippen molar-refractivity contribution in [1.29, 1.82) is 0 Å². The topological polar surface area (TPSA) is 63.2 Å². The highest BCUT2D eigenvalue weighted by Gasteiger charge is 2.30. The van der Waals surface area contributed by atoms with Gasteiger partial charge in [-0.25, -0.2) is 8.42 Å². The number of sulfonamides is 1. The molecule has 0 atom stereocenters. The molecule has 0 aliphatic heterocycles. The Labute approximate surface area is 140 Å². The number of benzene rings is 2. The van der Waals surface area contributed by atoms with Gasteiger partial charge in [0.05, 0.1) is 4.90 Å². The van der Waals surface area contributed by atoms with Crippen molar-refractivity contribution in [3.05, 3.63) is 58.6 Å². The molecule has 0 heterocycles. The summed E-state index contributed by atoms with van der Waals surface area (Å²) in [6.07, 6.45) is 1.89. The Balaban J connectivity index is 1.79. The molecule has 0 aromatic heterocycles. The number of rotatable bonds is 5. The largest absolute Gasteiger partial charge is 0.294 e. The van der Waals surface area contributed by atoms with Gasteiger partial charge in [-0.1, -0.05) is 17.7 Å². The Morgan fingerprint density at radius 1 is 1.13 bits per heavy atom. The van der Waals surface area contributed by atoms with E-state index in [0.717, 1.165) is 18.4 Å². The van der Waals surface area contributed by atoms with E-state index in [2.05, 4.69) is 4.72 Å². The number of hydrogen-bond donors (Lipinski definition) is 1. The molecule has 1 fully saturated rings. The van der Waals surface area contributed by atoms with Crippen molar-refractivity contribution in [2.45, 2.75) is 24.7 Å². The molecule has 4 nitrogen and oxygen atoms in total. The third-order valence-electron chi connectivity index (χ3n) is 3.82. The first kappa shape index (κ1) is 16.0. The predicted octanol–water partition coefficient (Wildman–Crippen LogP) is 4.04. The predicted molar refractivity (Wildman–Crippen MR) is 90.5 cm³/mol. The van der Waals surface area contributed by atoms with Crippen molar-refractivity contribution >= 4 is 33.1 Å². The lowest BCUT2D eigenvalue weighted by Gasteiger charge is -2.09. The Morgan fingerprint density at radius 2 is 1.78 bits per heavy atom. The molecule has 1 aliphatic carbocycles. The van der Waals surface area contributed by atoms with E-state index in [1.807, 2.05) is 6.92 Å². The zero-order valence-electron chi connectivity index (χ0n) is 12.5. The third-order valence-corrected chi connectivity index (χ3v) is 5.61. The van der Waals surface area contributed by atoms with Crippen LogP contribution in [-0.4, -0.2) is 14.2 Å². The van der Waals surface area contributed by atoms with E-state index in [0.29, 0.717) is 16.3 Å². The molecule has 1 aliphatic rings. The zero-order chi connectivity index (χ0) is 16.6. The summed E-state index contributed by atoms with van der Waals surface area (Å²) < 4.78 is 27.2. The fourth-order valence-corrected chi connectivity index (χ4v) is 3.57. The lowest BCUT2D eigenvalue weighted by atomic mass is 10.1. The summed E-state index contributed by atoms with van der Waals surface area (Å²) >= 11 is 5.98. The number of Topliss-reactive ketones (excluding diaryl/α,β-unsaturated/α-hetero) is 1. The van der Waals surface area contributed by atoms with Gasteiger partial charge in [-0.05, 0) is 61.7 Å². The summed E-state index contributed by atoms with van der Waals surface area (Å²) in [4.78, 5) is 12.0. The van der Waals surface area contributed by atoms with Gasteiger partial charge in [-0.2, -0.15) is 0 Å². The Kier molecular flexibility index (Phi) is 4.17. The second-order valence-corrected chi connectivity index (χ2v) is 7.82. The van der Waals surface area contributed by atoms with Gasteiger partial charge < -0.3 is 0 Å². The second-order valence-electron chi connectivity index (χ2n) is 5.73. The summed E-state index contributed by atoms with van der Waals surface area (Å²) in [7, 11) is -3.71. The van der Waals surface area contributed by atoms with E-state index < -0.39 is 10.0 Å². The fourth-order valence-electron chi connectivity index (χ4n) is 2.24. The van der Waals surface area contributed by atoms with Crippen LogP contribution < -0.4 is 4.72 Å². The first-order valence-electron chi connectivity index (χ1n) is 7.30. The number of anilines is 1. The number of ketones is 1. The number of hydrogen-bond acceptors (Lipinski definition) is 3. The smallest absolute Gasteiger partial charge is 0.261 e. The molecule has 0 unspecified atom stereocenters. The monoisotopic (exact) mass is 349 g/mol. The van der Waals surface area contributed by atoms with Crippen LogP contribution in [0.15, 0.2) is 47.4 Å². The highest BCUT2D eigenvalue weighted by molar-refractivity contribution is 7.92. The molecule has 23 heavy (non-hydrogen) atoms. The van der Waals surface area contributed by atoms with Crippen LogP contribution in [0.25, 0.3) is 0 Å². The lowest BCUT2D eigenvalue weighted by Crippen LogP contribution is -2.13. The van der Waals surface area contributed by atoms with Gasteiger partial charge >= 0.3 is 0 Å². The number of carbonyl (C=O) groups is 1. The first-order chi connectivity index (χ1) is 10.9. The summed E-state index contributed by atoms with van der Waals surface area (Å²) in [6.45, 7) is 1.81. The van der Waals surface area contributed by atoms with Crippen LogP contribution in [0.3, 0.4) is 0 Å². The minimum atomic E-state index is -3.71. The highest BCUT2D eigenvalue weighted by atomic mass is 35.5. The zero-order valence-corrected chi connectivity index (χ0v) is 14.1. The number of aryl methyl sites for hydroxylation is 1. The minimum absolute atomic E-state index is 0.103. The van der Waals surface area contributed by atoms with Crippen molar-refractivity contribution in [3.63, 3.8) is 0 Å². The summed E-state index contributed by atoms with van der Waals surface area (Å²) in [5.74, 6) is 0.275. The molecule has 1 N–H and O–H groups in total. The van der Waals surface area contributed by atoms with E-state index in [-0.39, 0.29) is 16.6 Å². The molecule has 0 bridgehead atoms. The van der Waals surface area contributed by atoms with Crippen molar-refractivity contribution in [2.24, 2.45) is 5.92 Å². The number of carbonyl (C=O) groups excluding carboxylic acids is 1. The van der Waals surface area contributed by atoms with E-state index in [9.17, 15) is 13.2 Å². The van der Waals surface area contributed by atoms with E-state index >= 15 is 0 Å². The van der Waals surface area contributed by atoms with Gasteiger partial charge in [-0.3, -0.25) is 9.52 Å². The third kappa shape index (κ3) is 3.57. The van der Waals surface area contributed by atoms with Crippen LogP contribution >= 0.6 is 11.6 Å². The molecule has 120 valence electrons. The maximum atomic E-state index is 12.4. The Bertz CT molecular complexity index is 856. The fraction of sp³-hybridized carbons (Fsp3) is 0.235. The Hall–Kier alpha value is -1.85. The van der Waals surface area contributed by atoms with Crippen molar-refractivity contribution < 1.29 is 13.2 Å². The van der Waals surface area contributed by atoms with E-state index in [4.69, 9.17) is 11.6 Å². The maximum Gasteiger partial charge on any atom is 0.261 e. The van der Waals surface area contributed by atoms with E-state index in [1.54, 1.807) is 30.3 Å². The molecule has 0 amide bonds. The summed E-state index contributed by atoms with van der Waals surface area (Å²) in [5.41, 5.74) is 1.84. The standard InChI is InChI=1S/C17H16ClNO3S/c1-11-2-9-15(10-16(11)18)23(21,22)19-14-7-5-13(6-8-14)17(20)12-3-4-12/h2,5-10,12,19H,3-4H2,1H3. The number of halogens is 1. The molecule has 6 heteroatoms. The molecule has 1 saturated carbocycles. The summed E-state index contributed by atoms with van der Waals surface area (Å²) in [5, 5.41) is 0.401. The Morgan fingerprint density at radius 3 is 2.35 bits per heavy atom. The normalized spacial score (nSPS) is 14.5. The quantitative estimate of drug-likeness (QED) is 0.828.